The molecule has 0 heterocycles. The summed E-state index contributed by atoms with van der Waals surface area (Å²) in [5.74, 6) is -1.67. The molecule has 1 N–H and O–H groups in total. The molecule has 3 aromatic rings. The minimum atomic E-state index is -0.723. The van der Waals surface area contributed by atoms with E-state index in [0.29, 0.717) is 26.9 Å². The van der Waals surface area contributed by atoms with Gasteiger partial charge in [-0.1, -0.05) is 53.5 Å². The molecule has 0 atom stereocenters. The van der Waals surface area contributed by atoms with Crippen LogP contribution in [0.25, 0.3) is 11.6 Å². The van der Waals surface area contributed by atoms with Crippen molar-refractivity contribution in [3.63, 3.8) is 0 Å². The summed E-state index contributed by atoms with van der Waals surface area (Å²) in [6, 6.07) is 17.3. The first kappa shape index (κ1) is 22.5. The van der Waals surface area contributed by atoms with Gasteiger partial charge in [0.15, 0.2) is 6.61 Å². The third-order valence-electron chi connectivity index (χ3n) is 4.35. The smallest absolute Gasteiger partial charge is 0.339 e. The summed E-state index contributed by atoms with van der Waals surface area (Å²) < 4.78 is 18.5. The third kappa shape index (κ3) is 6.41. The molecule has 0 spiro atoms. The van der Waals surface area contributed by atoms with Crippen molar-refractivity contribution in [1.29, 1.82) is 0 Å². The lowest BCUT2D eigenvalue weighted by Gasteiger charge is -2.10. The van der Waals surface area contributed by atoms with Crippen molar-refractivity contribution >= 4 is 52.4 Å². The highest BCUT2D eigenvalue weighted by molar-refractivity contribution is 6.31. The van der Waals surface area contributed by atoms with Gasteiger partial charge < -0.3 is 10.1 Å². The van der Waals surface area contributed by atoms with Crippen LogP contribution in [0, 0.1) is 12.7 Å². The zero-order valence-corrected chi connectivity index (χ0v) is 18.0. The second-order valence-electron chi connectivity index (χ2n) is 6.70. The number of aryl methyl sites for hydroxylation is 1. The minimum Gasteiger partial charge on any atom is -0.452 e. The van der Waals surface area contributed by atoms with Gasteiger partial charge in [0, 0.05) is 15.7 Å². The number of nitrogens with one attached hydrogen (secondary N) is 1. The summed E-state index contributed by atoms with van der Waals surface area (Å²) in [5.41, 5.74) is 2.69. The van der Waals surface area contributed by atoms with Gasteiger partial charge in [0.05, 0.1) is 5.57 Å². The van der Waals surface area contributed by atoms with E-state index in [0.717, 1.165) is 5.56 Å². The van der Waals surface area contributed by atoms with Crippen LogP contribution in [0.1, 0.15) is 16.7 Å². The molecule has 4 nitrogen and oxygen atoms in total. The molecule has 0 saturated carbocycles. The quantitative estimate of drug-likeness (QED) is 0.273. The van der Waals surface area contributed by atoms with E-state index in [1.165, 1.54) is 24.3 Å². The van der Waals surface area contributed by atoms with Crippen molar-refractivity contribution in [3.8, 4) is 0 Å². The maximum Gasteiger partial charge on any atom is 0.339 e. The molecule has 0 saturated heterocycles. The lowest BCUT2D eigenvalue weighted by molar-refractivity contribution is -0.141. The fourth-order valence-electron chi connectivity index (χ4n) is 2.69. The van der Waals surface area contributed by atoms with Crippen LogP contribution in [0.5, 0.6) is 0 Å². The van der Waals surface area contributed by atoms with Crippen molar-refractivity contribution in [2.24, 2.45) is 0 Å². The molecular weight excluding hydrogens is 440 g/mol. The van der Waals surface area contributed by atoms with Crippen LogP contribution in [-0.2, 0) is 14.3 Å². The molecule has 1 amide bonds. The van der Waals surface area contributed by atoms with Gasteiger partial charge in [0.25, 0.3) is 5.91 Å². The average molecular weight is 458 g/mol. The minimum absolute atomic E-state index is 0.175. The van der Waals surface area contributed by atoms with E-state index in [9.17, 15) is 14.0 Å². The van der Waals surface area contributed by atoms with Crippen molar-refractivity contribution < 1.29 is 18.7 Å². The Morgan fingerprint density at radius 3 is 2.32 bits per heavy atom. The Labute approximate surface area is 189 Å². The first-order chi connectivity index (χ1) is 14.8. The van der Waals surface area contributed by atoms with Crippen molar-refractivity contribution in [2.75, 3.05) is 11.9 Å². The molecule has 0 radical (unpaired) electrons. The van der Waals surface area contributed by atoms with Gasteiger partial charge in [-0.05, 0) is 66.1 Å². The molecule has 3 aromatic carbocycles. The predicted octanol–water partition coefficient (Wildman–Crippen LogP) is 6.16. The van der Waals surface area contributed by atoms with Crippen LogP contribution in [-0.4, -0.2) is 18.5 Å². The molecule has 158 valence electrons. The summed E-state index contributed by atoms with van der Waals surface area (Å²) in [5, 5.41) is 3.69. The highest BCUT2D eigenvalue weighted by Gasteiger charge is 2.16. The molecule has 0 aliphatic rings. The largest absolute Gasteiger partial charge is 0.452 e. The van der Waals surface area contributed by atoms with Crippen LogP contribution >= 0.6 is 23.2 Å². The van der Waals surface area contributed by atoms with Crippen molar-refractivity contribution in [1.82, 2.24) is 0 Å². The Hall–Kier alpha value is -3.15. The number of carbonyl (C=O) groups is 2. The zero-order chi connectivity index (χ0) is 22.4. The second kappa shape index (κ2) is 10.2. The maximum atomic E-state index is 13.3. The molecule has 31 heavy (non-hydrogen) atoms. The van der Waals surface area contributed by atoms with E-state index >= 15 is 0 Å². The molecule has 3 rings (SSSR count). The van der Waals surface area contributed by atoms with Crippen LogP contribution < -0.4 is 5.32 Å². The fraction of sp³-hybridized carbons (Fsp3) is 0.0833. The molecular formula is C24H18Cl2FNO3. The van der Waals surface area contributed by atoms with Crippen LogP contribution in [0.15, 0.2) is 66.7 Å². The SMILES string of the molecule is Cc1ccc(NC(=O)COC(=O)C(=Cc2ccc(Cl)cc2)c2ccc(F)cc2)cc1Cl. The van der Waals surface area contributed by atoms with Gasteiger partial charge >= 0.3 is 5.97 Å². The number of ether oxygens (including phenoxy) is 1. The number of amides is 1. The zero-order valence-electron chi connectivity index (χ0n) is 16.5. The Morgan fingerprint density at radius 1 is 1.00 bits per heavy atom. The fourth-order valence-corrected chi connectivity index (χ4v) is 3.00. The normalized spacial score (nSPS) is 11.2. The van der Waals surface area contributed by atoms with E-state index in [1.54, 1.807) is 48.5 Å². The first-order valence-corrected chi connectivity index (χ1v) is 10.0. The number of hydrogen-bond acceptors (Lipinski definition) is 3. The lowest BCUT2D eigenvalue weighted by Crippen LogP contribution is -2.21. The summed E-state index contributed by atoms with van der Waals surface area (Å²) in [6.07, 6.45) is 1.59. The van der Waals surface area contributed by atoms with E-state index in [2.05, 4.69) is 5.32 Å². The number of hydrogen-bond donors (Lipinski definition) is 1. The molecule has 0 aliphatic heterocycles. The van der Waals surface area contributed by atoms with Gasteiger partial charge in [-0.25, -0.2) is 9.18 Å². The second-order valence-corrected chi connectivity index (χ2v) is 7.55. The van der Waals surface area contributed by atoms with Crippen LogP contribution in [0.2, 0.25) is 10.0 Å². The third-order valence-corrected chi connectivity index (χ3v) is 5.01. The van der Waals surface area contributed by atoms with Crippen LogP contribution in [0.3, 0.4) is 0 Å². The maximum absolute atomic E-state index is 13.3. The summed E-state index contributed by atoms with van der Waals surface area (Å²) in [7, 11) is 0. The number of anilines is 1. The predicted molar refractivity (Wildman–Crippen MR) is 122 cm³/mol. The molecule has 0 bridgehead atoms. The number of esters is 1. The summed E-state index contributed by atoms with van der Waals surface area (Å²) >= 11 is 12.0. The molecule has 0 fully saturated rings. The molecule has 0 aliphatic carbocycles. The lowest BCUT2D eigenvalue weighted by atomic mass is 10.0. The molecule has 0 aromatic heterocycles. The number of carbonyl (C=O) groups excluding carboxylic acids is 2. The average Bonchev–Trinajstić information content (AvgIpc) is 2.75. The highest BCUT2D eigenvalue weighted by atomic mass is 35.5. The Bertz CT molecular complexity index is 1130. The van der Waals surface area contributed by atoms with Gasteiger partial charge in [-0.15, -0.1) is 0 Å². The Balaban J connectivity index is 1.74. The van der Waals surface area contributed by atoms with E-state index < -0.39 is 24.3 Å². The van der Waals surface area contributed by atoms with Gasteiger partial charge in [0.1, 0.15) is 5.82 Å². The van der Waals surface area contributed by atoms with Gasteiger partial charge in [-0.2, -0.15) is 0 Å². The number of rotatable bonds is 6. The Morgan fingerprint density at radius 2 is 1.68 bits per heavy atom. The highest BCUT2D eigenvalue weighted by Crippen LogP contribution is 2.22. The first-order valence-electron chi connectivity index (χ1n) is 9.28. The van der Waals surface area contributed by atoms with Gasteiger partial charge in [-0.3, -0.25) is 4.79 Å². The van der Waals surface area contributed by atoms with E-state index in [1.807, 2.05) is 6.92 Å². The van der Waals surface area contributed by atoms with E-state index in [-0.39, 0.29) is 5.57 Å². The summed E-state index contributed by atoms with van der Waals surface area (Å²) in [4.78, 5) is 24.9. The molecule has 0 unspecified atom stereocenters. The number of halogens is 3. The summed E-state index contributed by atoms with van der Waals surface area (Å²) in [6.45, 7) is 1.35. The Kier molecular flexibility index (Phi) is 7.45. The van der Waals surface area contributed by atoms with Crippen LogP contribution in [0.4, 0.5) is 10.1 Å². The van der Waals surface area contributed by atoms with Gasteiger partial charge in [0.2, 0.25) is 0 Å². The standard InChI is InChI=1S/C24H18Cl2FNO3/c1-15-2-11-20(13-22(15)26)28-23(29)14-31-24(30)21(17-5-9-19(27)10-6-17)12-16-3-7-18(25)8-4-16/h2-13H,14H2,1H3,(H,28,29). The number of benzene rings is 3. The van der Waals surface area contributed by atoms with Crippen molar-refractivity contribution in [3.05, 3.63) is 99.3 Å². The molecule has 7 heteroatoms. The monoisotopic (exact) mass is 457 g/mol. The topological polar surface area (TPSA) is 55.4 Å². The van der Waals surface area contributed by atoms with Crippen molar-refractivity contribution in [2.45, 2.75) is 6.92 Å². The van der Waals surface area contributed by atoms with E-state index in [4.69, 9.17) is 27.9 Å².